The highest BCUT2D eigenvalue weighted by Crippen LogP contribution is 2.26. The molecule has 0 aliphatic carbocycles. The average molecular weight is 283 g/mol. The summed E-state index contributed by atoms with van der Waals surface area (Å²) in [7, 11) is 0. The van der Waals surface area contributed by atoms with Gasteiger partial charge in [-0.3, -0.25) is 4.79 Å². The Hall–Kier alpha value is -1.87. The standard InChI is InChI=1S/C18H21NO2/c1-14-11-17(20)12-18-16(7-9-19(14)18)8-10-21-13-15-5-3-2-4-6-15/h2-7,9,14H,8,10-13H2,1H3. The molecule has 0 saturated heterocycles. The zero-order valence-electron chi connectivity index (χ0n) is 12.4. The molecular weight excluding hydrogens is 262 g/mol. The molecule has 2 aromatic rings. The number of carbonyl (C=O) groups excluding carboxylic acids is 1. The van der Waals surface area contributed by atoms with Gasteiger partial charge in [0.15, 0.2) is 0 Å². The molecule has 1 unspecified atom stereocenters. The summed E-state index contributed by atoms with van der Waals surface area (Å²) < 4.78 is 7.99. The van der Waals surface area contributed by atoms with Gasteiger partial charge in [-0.25, -0.2) is 0 Å². The van der Waals surface area contributed by atoms with Crippen LogP contribution in [0.25, 0.3) is 0 Å². The number of fused-ring (bicyclic) bond motifs is 1. The molecule has 3 rings (SSSR count). The van der Waals surface area contributed by atoms with Gasteiger partial charge in [0.25, 0.3) is 0 Å². The lowest BCUT2D eigenvalue weighted by atomic mass is 10.00. The average Bonchev–Trinajstić information content (AvgIpc) is 2.88. The summed E-state index contributed by atoms with van der Waals surface area (Å²) in [5, 5.41) is 0. The largest absolute Gasteiger partial charge is 0.376 e. The van der Waals surface area contributed by atoms with Crippen LogP contribution in [0.4, 0.5) is 0 Å². The van der Waals surface area contributed by atoms with E-state index >= 15 is 0 Å². The number of hydrogen-bond donors (Lipinski definition) is 0. The van der Waals surface area contributed by atoms with Crippen LogP contribution in [0.2, 0.25) is 0 Å². The summed E-state index contributed by atoms with van der Waals surface area (Å²) in [6.45, 7) is 3.44. The highest BCUT2D eigenvalue weighted by molar-refractivity contribution is 5.82. The second-order valence-corrected chi connectivity index (χ2v) is 5.75. The first-order valence-corrected chi connectivity index (χ1v) is 7.56. The van der Waals surface area contributed by atoms with Crippen molar-refractivity contribution in [3.8, 4) is 0 Å². The van der Waals surface area contributed by atoms with E-state index < -0.39 is 0 Å². The van der Waals surface area contributed by atoms with Gasteiger partial charge in [0.2, 0.25) is 0 Å². The normalized spacial score (nSPS) is 17.8. The maximum Gasteiger partial charge on any atom is 0.140 e. The zero-order valence-corrected chi connectivity index (χ0v) is 12.4. The minimum atomic E-state index is 0.292. The Morgan fingerprint density at radius 2 is 2.05 bits per heavy atom. The smallest absolute Gasteiger partial charge is 0.140 e. The number of nitrogens with zero attached hydrogens (tertiary/aromatic N) is 1. The first-order chi connectivity index (χ1) is 10.2. The molecule has 0 saturated carbocycles. The lowest BCUT2D eigenvalue weighted by molar-refractivity contribution is -0.120. The Kier molecular flexibility index (Phi) is 4.20. The molecule has 0 spiro atoms. The molecule has 0 fully saturated rings. The first kappa shape index (κ1) is 14.1. The van der Waals surface area contributed by atoms with Gasteiger partial charge in [-0.05, 0) is 30.5 Å². The topological polar surface area (TPSA) is 31.2 Å². The predicted molar refractivity (Wildman–Crippen MR) is 82.3 cm³/mol. The van der Waals surface area contributed by atoms with Crippen molar-refractivity contribution in [1.82, 2.24) is 4.57 Å². The van der Waals surface area contributed by atoms with Crippen molar-refractivity contribution in [2.24, 2.45) is 0 Å². The van der Waals surface area contributed by atoms with Crippen LogP contribution < -0.4 is 0 Å². The molecule has 1 atom stereocenters. The molecule has 3 heteroatoms. The molecule has 110 valence electrons. The van der Waals surface area contributed by atoms with Gasteiger partial charge in [0.1, 0.15) is 5.78 Å². The summed E-state index contributed by atoms with van der Waals surface area (Å²) in [4.78, 5) is 11.8. The molecule has 0 radical (unpaired) electrons. The summed E-state index contributed by atoms with van der Waals surface area (Å²) in [5.74, 6) is 0.347. The third-order valence-electron chi connectivity index (χ3n) is 4.11. The summed E-state index contributed by atoms with van der Waals surface area (Å²) in [6, 6.07) is 12.6. The van der Waals surface area contributed by atoms with Crippen molar-refractivity contribution < 1.29 is 9.53 Å². The third-order valence-corrected chi connectivity index (χ3v) is 4.11. The van der Waals surface area contributed by atoms with E-state index in [2.05, 4.69) is 35.9 Å². The van der Waals surface area contributed by atoms with Gasteiger partial charge >= 0.3 is 0 Å². The Balaban J connectivity index is 1.56. The third kappa shape index (κ3) is 3.24. The van der Waals surface area contributed by atoms with Crippen LogP contribution in [0.1, 0.15) is 36.2 Å². The second-order valence-electron chi connectivity index (χ2n) is 5.75. The number of benzene rings is 1. The van der Waals surface area contributed by atoms with E-state index in [4.69, 9.17) is 4.74 Å². The maximum absolute atomic E-state index is 11.8. The number of aromatic nitrogens is 1. The van der Waals surface area contributed by atoms with E-state index in [9.17, 15) is 4.79 Å². The fourth-order valence-electron chi connectivity index (χ4n) is 3.00. The molecule has 3 nitrogen and oxygen atoms in total. The fourth-order valence-corrected chi connectivity index (χ4v) is 3.00. The van der Waals surface area contributed by atoms with Gasteiger partial charge in [0.05, 0.1) is 13.2 Å². The van der Waals surface area contributed by atoms with Gasteiger partial charge in [-0.2, -0.15) is 0 Å². The van der Waals surface area contributed by atoms with Crippen molar-refractivity contribution in [3.63, 3.8) is 0 Å². The zero-order chi connectivity index (χ0) is 14.7. The van der Waals surface area contributed by atoms with Crippen LogP contribution in [-0.2, 0) is 29.0 Å². The Labute approximate surface area is 125 Å². The highest BCUT2D eigenvalue weighted by atomic mass is 16.5. The molecule has 21 heavy (non-hydrogen) atoms. The molecule has 1 aliphatic heterocycles. The summed E-state index contributed by atoms with van der Waals surface area (Å²) in [6.07, 6.45) is 4.21. The van der Waals surface area contributed by atoms with E-state index in [1.54, 1.807) is 0 Å². The minimum Gasteiger partial charge on any atom is -0.376 e. The molecule has 2 heterocycles. The molecule has 1 aromatic heterocycles. The van der Waals surface area contributed by atoms with E-state index in [1.165, 1.54) is 16.8 Å². The molecule has 0 bridgehead atoms. The number of ketones is 1. The molecule has 1 aliphatic rings. The lowest BCUT2D eigenvalue weighted by Crippen LogP contribution is -2.22. The Bertz CT molecular complexity index is 615. The number of ether oxygens (including phenoxy) is 1. The number of rotatable bonds is 5. The first-order valence-electron chi connectivity index (χ1n) is 7.56. The van der Waals surface area contributed by atoms with Gasteiger partial charge in [-0.15, -0.1) is 0 Å². The van der Waals surface area contributed by atoms with Crippen molar-refractivity contribution in [3.05, 3.63) is 59.4 Å². The Morgan fingerprint density at radius 3 is 2.86 bits per heavy atom. The molecular formula is C18H21NO2. The predicted octanol–water partition coefficient (Wildman–Crippen LogP) is 3.32. The van der Waals surface area contributed by atoms with Gasteiger partial charge in [-0.1, -0.05) is 30.3 Å². The van der Waals surface area contributed by atoms with Crippen LogP contribution in [0.5, 0.6) is 0 Å². The van der Waals surface area contributed by atoms with Crippen LogP contribution >= 0.6 is 0 Å². The second kappa shape index (κ2) is 6.27. The lowest BCUT2D eigenvalue weighted by Gasteiger charge is -2.23. The van der Waals surface area contributed by atoms with Crippen molar-refractivity contribution in [1.29, 1.82) is 0 Å². The SMILES string of the molecule is CC1CC(=O)Cc2c(CCOCc3ccccc3)ccn21. The van der Waals surface area contributed by atoms with E-state index in [0.717, 1.165) is 6.42 Å². The van der Waals surface area contributed by atoms with Crippen LogP contribution in [0.15, 0.2) is 42.6 Å². The number of Topliss-reactive ketones (excluding diaryl/α,β-unsaturated/α-hetero) is 1. The minimum absolute atomic E-state index is 0.292. The van der Waals surface area contributed by atoms with Crippen LogP contribution in [-0.4, -0.2) is 17.0 Å². The van der Waals surface area contributed by atoms with Crippen molar-refractivity contribution >= 4 is 5.78 Å². The maximum atomic E-state index is 11.8. The molecule has 1 aromatic carbocycles. The molecule has 0 N–H and O–H groups in total. The van der Waals surface area contributed by atoms with Crippen molar-refractivity contribution in [2.75, 3.05) is 6.61 Å². The van der Waals surface area contributed by atoms with Crippen LogP contribution in [0, 0.1) is 0 Å². The summed E-state index contributed by atoms with van der Waals surface area (Å²) in [5.41, 5.74) is 3.63. The van der Waals surface area contributed by atoms with Gasteiger partial charge in [0, 0.05) is 30.8 Å². The summed E-state index contributed by atoms with van der Waals surface area (Å²) >= 11 is 0. The Morgan fingerprint density at radius 1 is 1.24 bits per heavy atom. The fraction of sp³-hybridized carbons (Fsp3) is 0.389. The van der Waals surface area contributed by atoms with E-state index in [1.807, 2.05) is 18.2 Å². The monoisotopic (exact) mass is 283 g/mol. The van der Waals surface area contributed by atoms with E-state index in [-0.39, 0.29) is 0 Å². The molecule has 0 amide bonds. The van der Waals surface area contributed by atoms with Crippen LogP contribution in [0.3, 0.4) is 0 Å². The van der Waals surface area contributed by atoms with Gasteiger partial charge < -0.3 is 9.30 Å². The van der Waals surface area contributed by atoms with Crippen molar-refractivity contribution in [2.45, 2.75) is 38.8 Å². The number of hydrogen-bond acceptors (Lipinski definition) is 2. The quantitative estimate of drug-likeness (QED) is 0.788. The highest BCUT2D eigenvalue weighted by Gasteiger charge is 2.23. The van der Waals surface area contributed by atoms with E-state index in [0.29, 0.717) is 37.9 Å². The number of carbonyl (C=O) groups is 1.